The van der Waals surface area contributed by atoms with Gasteiger partial charge in [0.1, 0.15) is 12.1 Å². The van der Waals surface area contributed by atoms with Crippen LogP contribution in [0.2, 0.25) is 0 Å². The topological polar surface area (TPSA) is 128 Å². The van der Waals surface area contributed by atoms with Crippen LogP contribution in [0.5, 0.6) is 0 Å². The van der Waals surface area contributed by atoms with Crippen LogP contribution in [0, 0.1) is 11.2 Å². The molecular formula is C11H9FN8O. The number of nitrogens with zero attached hydrogens (tertiary/aromatic N) is 5. The number of fused-ring (bicyclic) bond motifs is 1. The monoisotopic (exact) mass is 288 g/mol. The third-order valence-electron chi connectivity index (χ3n) is 2.71. The summed E-state index contributed by atoms with van der Waals surface area (Å²) >= 11 is 0. The van der Waals surface area contributed by atoms with E-state index in [9.17, 15) is 9.18 Å². The second kappa shape index (κ2) is 4.67. The first-order valence-corrected chi connectivity index (χ1v) is 5.76. The number of amides is 2. The molecule has 0 fully saturated rings. The van der Waals surface area contributed by atoms with Crippen molar-refractivity contribution < 1.29 is 9.18 Å². The third-order valence-corrected chi connectivity index (χ3v) is 2.71. The molecular weight excluding hydrogens is 279 g/mol. The van der Waals surface area contributed by atoms with Gasteiger partial charge in [0.15, 0.2) is 16.7 Å². The summed E-state index contributed by atoms with van der Waals surface area (Å²) in [7, 11) is 0. The van der Waals surface area contributed by atoms with Gasteiger partial charge in [-0.1, -0.05) is 5.21 Å². The molecule has 0 aliphatic heterocycles. The number of nitrogens with one attached hydrogen (secondary N) is 2. The molecule has 0 bridgehead atoms. The van der Waals surface area contributed by atoms with Crippen LogP contribution in [0.3, 0.4) is 0 Å². The lowest BCUT2D eigenvalue weighted by Crippen LogP contribution is -2.36. The fourth-order valence-corrected chi connectivity index (χ4v) is 1.79. The molecule has 0 saturated heterocycles. The molecule has 0 aliphatic carbocycles. The Kier molecular flexibility index (Phi) is 2.83. The van der Waals surface area contributed by atoms with E-state index >= 15 is 0 Å². The summed E-state index contributed by atoms with van der Waals surface area (Å²) in [5.74, 6) is -0.374. The normalized spacial score (nSPS) is 10.7. The average molecular weight is 288 g/mol. The predicted octanol–water partition coefficient (Wildman–Crippen LogP) is -0.142. The third kappa shape index (κ3) is 2.18. The number of nitrogens with two attached hydrogens (primary N) is 1. The van der Waals surface area contributed by atoms with Gasteiger partial charge >= 0.3 is 6.03 Å². The van der Waals surface area contributed by atoms with Gasteiger partial charge in [-0.3, -0.25) is 5.41 Å². The van der Waals surface area contributed by atoms with Crippen LogP contribution in [0.15, 0.2) is 30.6 Å². The van der Waals surface area contributed by atoms with Crippen LogP contribution in [-0.2, 0) is 0 Å². The van der Waals surface area contributed by atoms with Gasteiger partial charge in [-0.25, -0.2) is 24.3 Å². The SMILES string of the molecule is N=c1c2nnn(-c3ccc(F)cc3)c2ncn1NC(N)=O. The number of benzene rings is 1. The van der Waals surface area contributed by atoms with Crippen molar-refractivity contribution in [3.05, 3.63) is 41.9 Å². The Labute approximate surface area is 116 Å². The van der Waals surface area contributed by atoms with E-state index in [4.69, 9.17) is 11.1 Å². The maximum atomic E-state index is 12.9. The molecule has 0 aliphatic rings. The summed E-state index contributed by atoms with van der Waals surface area (Å²) in [6.07, 6.45) is 1.21. The quantitative estimate of drug-likeness (QED) is 0.606. The maximum Gasteiger partial charge on any atom is 0.331 e. The van der Waals surface area contributed by atoms with Crippen molar-refractivity contribution in [1.29, 1.82) is 5.41 Å². The molecule has 9 nitrogen and oxygen atoms in total. The molecule has 1 aromatic carbocycles. The first-order valence-electron chi connectivity index (χ1n) is 5.76. The van der Waals surface area contributed by atoms with Crippen LogP contribution in [0.25, 0.3) is 16.9 Å². The fourth-order valence-electron chi connectivity index (χ4n) is 1.79. The zero-order valence-electron chi connectivity index (χ0n) is 10.5. The molecule has 21 heavy (non-hydrogen) atoms. The molecule has 0 saturated carbocycles. The van der Waals surface area contributed by atoms with Crippen molar-refractivity contribution in [3.8, 4) is 5.69 Å². The molecule has 2 amide bonds. The van der Waals surface area contributed by atoms with E-state index in [1.54, 1.807) is 0 Å². The summed E-state index contributed by atoms with van der Waals surface area (Å²) in [5, 5.41) is 15.6. The second-order valence-electron chi connectivity index (χ2n) is 4.09. The Hall–Kier alpha value is -3.30. The van der Waals surface area contributed by atoms with E-state index in [0.717, 1.165) is 4.68 Å². The molecule has 0 unspecified atom stereocenters. The highest BCUT2D eigenvalue weighted by Gasteiger charge is 2.11. The summed E-state index contributed by atoms with van der Waals surface area (Å²) < 4.78 is 15.3. The molecule has 3 aromatic rings. The van der Waals surface area contributed by atoms with Gasteiger partial charge in [0, 0.05) is 0 Å². The van der Waals surface area contributed by atoms with E-state index < -0.39 is 6.03 Å². The van der Waals surface area contributed by atoms with Crippen molar-refractivity contribution in [1.82, 2.24) is 24.7 Å². The van der Waals surface area contributed by atoms with Gasteiger partial charge < -0.3 is 5.73 Å². The summed E-state index contributed by atoms with van der Waals surface area (Å²) in [6.45, 7) is 0. The van der Waals surface area contributed by atoms with Crippen LogP contribution in [0.4, 0.5) is 9.18 Å². The Morgan fingerprint density at radius 1 is 1.33 bits per heavy atom. The summed E-state index contributed by atoms with van der Waals surface area (Å²) in [6, 6.07) is 4.75. The van der Waals surface area contributed by atoms with E-state index in [1.165, 1.54) is 35.3 Å². The second-order valence-corrected chi connectivity index (χ2v) is 4.09. The van der Waals surface area contributed by atoms with Crippen molar-refractivity contribution in [2.24, 2.45) is 5.73 Å². The zero-order chi connectivity index (χ0) is 15.0. The van der Waals surface area contributed by atoms with Crippen molar-refractivity contribution in [2.45, 2.75) is 0 Å². The highest BCUT2D eigenvalue weighted by atomic mass is 19.1. The number of urea groups is 1. The average Bonchev–Trinajstić information content (AvgIpc) is 2.87. The highest BCUT2D eigenvalue weighted by Crippen LogP contribution is 2.12. The number of primary amides is 1. The molecule has 2 aromatic heterocycles. The van der Waals surface area contributed by atoms with Crippen molar-refractivity contribution in [3.63, 3.8) is 0 Å². The van der Waals surface area contributed by atoms with Crippen LogP contribution >= 0.6 is 0 Å². The molecule has 3 rings (SSSR count). The summed E-state index contributed by atoms with van der Waals surface area (Å²) in [5.41, 5.74) is 8.07. The minimum absolute atomic E-state index is 0.132. The fraction of sp³-hybridized carbons (Fsp3) is 0. The first-order chi connectivity index (χ1) is 10.1. The summed E-state index contributed by atoms with van der Waals surface area (Å²) in [4.78, 5) is 14.9. The van der Waals surface area contributed by atoms with Crippen LogP contribution < -0.4 is 16.6 Å². The van der Waals surface area contributed by atoms with Gasteiger partial charge in [-0.15, -0.1) is 5.10 Å². The maximum absolute atomic E-state index is 12.9. The van der Waals surface area contributed by atoms with Crippen LogP contribution in [-0.4, -0.2) is 30.7 Å². The lowest BCUT2D eigenvalue weighted by Gasteiger charge is -2.05. The number of halogens is 1. The van der Waals surface area contributed by atoms with Crippen LogP contribution in [0.1, 0.15) is 0 Å². The van der Waals surface area contributed by atoms with Gasteiger partial charge in [-0.05, 0) is 24.3 Å². The molecule has 10 heteroatoms. The molecule has 0 radical (unpaired) electrons. The zero-order valence-corrected chi connectivity index (χ0v) is 10.5. The van der Waals surface area contributed by atoms with Crippen molar-refractivity contribution >= 4 is 17.2 Å². The smallest absolute Gasteiger partial charge is 0.331 e. The van der Waals surface area contributed by atoms with Gasteiger partial charge in [0.2, 0.25) is 0 Å². The van der Waals surface area contributed by atoms with E-state index in [0.29, 0.717) is 11.3 Å². The predicted molar refractivity (Wildman–Crippen MR) is 69.4 cm³/mol. The highest BCUT2D eigenvalue weighted by molar-refractivity contribution is 5.80. The first kappa shape index (κ1) is 12.7. The Balaban J connectivity index is 2.15. The Bertz CT molecular complexity index is 881. The van der Waals surface area contributed by atoms with Gasteiger partial charge in [0.25, 0.3) is 0 Å². The number of carbonyl (C=O) groups excluding carboxylic acids is 1. The minimum Gasteiger partial charge on any atom is -0.350 e. The van der Waals surface area contributed by atoms with E-state index in [-0.39, 0.29) is 16.8 Å². The van der Waals surface area contributed by atoms with Gasteiger partial charge in [0.05, 0.1) is 5.69 Å². The minimum atomic E-state index is -0.833. The number of carbonyl (C=O) groups is 1. The van der Waals surface area contributed by atoms with Crippen molar-refractivity contribution in [2.75, 3.05) is 5.43 Å². The van der Waals surface area contributed by atoms with E-state index in [2.05, 4.69) is 20.7 Å². The molecule has 2 heterocycles. The number of rotatable bonds is 2. The Morgan fingerprint density at radius 2 is 2.05 bits per heavy atom. The van der Waals surface area contributed by atoms with E-state index in [1.807, 2.05) is 0 Å². The Morgan fingerprint density at radius 3 is 2.71 bits per heavy atom. The lowest BCUT2D eigenvalue weighted by atomic mass is 10.3. The molecule has 4 N–H and O–H groups in total. The molecule has 0 spiro atoms. The largest absolute Gasteiger partial charge is 0.350 e. The number of aromatic nitrogens is 5. The molecule has 106 valence electrons. The standard InChI is InChI=1S/C11H9FN8O/c12-6-1-3-7(4-2-6)20-10-8(16-18-20)9(13)19(5-15-10)17-11(14)21/h1-5,13H,(H3,14,17,21). The lowest BCUT2D eigenvalue weighted by molar-refractivity contribution is 0.256. The molecule has 0 atom stereocenters. The number of hydrogen-bond donors (Lipinski definition) is 3. The number of hydrogen-bond acceptors (Lipinski definition) is 5. The van der Waals surface area contributed by atoms with Gasteiger partial charge in [-0.2, -0.15) is 4.68 Å².